The van der Waals surface area contributed by atoms with E-state index in [4.69, 9.17) is 9.47 Å². The van der Waals surface area contributed by atoms with Crippen LogP contribution in [0.4, 0.5) is 0 Å². The summed E-state index contributed by atoms with van der Waals surface area (Å²) in [4.78, 5) is 10.7. The summed E-state index contributed by atoms with van der Waals surface area (Å²) in [5.41, 5.74) is 0.942. The highest BCUT2D eigenvalue weighted by Gasteiger charge is 2.08. The maximum Gasteiger partial charge on any atom is 0.217 e. The molecule has 0 heterocycles. The number of carbonyl (C=O) groups excluding carboxylic acids is 1. The first-order valence-electron chi connectivity index (χ1n) is 5.41. The molecular weight excluding hydrogens is 298 g/mol. The average molecular weight is 314 g/mol. The molecule has 5 heteroatoms. The van der Waals surface area contributed by atoms with E-state index in [0.717, 1.165) is 10.0 Å². The van der Waals surface area contributed by atoms with E-state index in [1.807, 2.05) is 24.3 Å². The van der Waals surface area contributed by atoms with Crippen LogP contribution >= 0.6 is 15.9 Å². The van der Waals surface area contributed by atoms with Crippen molar-refractivity contribution in [1.82, 2.24) is 5.32 Å². The highest BCUT2D eigenvalue weighted by Crippen LogP contribution is 2.35. The second kappa shape index (κ2) is 7.06. The molecule has 1 amide bonds. The van der Waals surface area contributed by atoms with Crippen LogP contribution in [-0.2, 0) is 4.79 Å². The molecule has 1 rings (SSSR count). The average Bonchev–Trinajstić information content (AvgIpc) is 2.35. The molecule has 0 radical (unpaired) electrons. The summed E-state index contributed by atoms with van der Waals surface area (Å²) in [5.74, 6) is 1.35. The van der Waals surface area contributed by atoms with Crippen LogP contribution in [-0.4, -0.2) is 26.7 Å². The minimum atomic E-state index is -0.0504. The van der Waals surface area contributed by atoms with Crippen molar-refractivity contribution in [3.63, 3.8) is 0 Å². The number of benzene rings is 1. The Morgan fingerprint density at radius 2 is 1.89 bits per heavy atom. The summed E-state index contributed by atoms with van der Waals surface area (Å²) in [6, 6.07) is 3.77. The molecular formula is C13H16BrNO3. The predicted octanol–water partition coefficient (Wildman–Crippen LogP) is 2.62. The molecule has 18 heavy (non-hydrogen) atoms. The van der Waals surface area contributed by atoms with E-state index < -0.39 is 0 Å². The number of methoxy groups -OCH3 is 2. The van der Waals surface area contributed by atoms with Gasteiger partial charge in [-0.25, -0.2) is 0 Å². The zero-order valence-electron chi connectivity index (χ0n) is 10.6. The normalized spacial score (nSPS) is 10.4. The van der Waals surface area contributed by atoms with Gasteiger partial charge >= 0.3 is 0 Å². The second-order valence-corrected chi connectivity index (χ2v) is 4.37. The first-order valence-corrected chi connectivity index (χ1v) is 6.20. The number of hydrogen-bond donors (Lipinski definition) is 1. The molecule has 0 aromatic heterocycles. The SMILES string of the molecule is COc1cc(C=CCNC(C)=O)cc(OC)c1Br. The van der Waals surface area contributed by atoms with Gasteiger partial charge in [-0.1, -0.05) is 12.2 Å². The number of rotatable bonds is 5. The second-order valence-electron chi connectivity index (χ2n) is 3.58. The van der Waals surface area contributed by atoms with Crippen molar-refractivity contribution in [1.29, 1.82) is 0 Å². The van der Waals surface area contributed by atoms with Crippen molar-refractivity contribution >= 4 is 27.9 Å². The molecule has 1 aromatic carbocycles. The summed E-state index contributed by atoms with van der Waals surface area (Å²) in [6.07, 6.45) is 3.76. The standard InChI is InChI=1S/C13H16BrNO3/c1-9(16)15-6-4-5-10-7-11(17-2)13(14)12(8-10)18-3/h4-5,7-8H,6H2,1-3H3,(H,15,16). The van der Waals surface area contributed by atoms with E-state index in [0.29, 0.717) is 18.0 Å². The molecule has 0 fully saturated rings. The van der Waals surface area contributed by atoms with Crippen LogP contribution < -0.4 is 14.8 Å². The third-order valence-electron chi connectivity index (χ3n) is 2.25. The fourth-order valence-electron chi connectivity index (χ4n) is 1.38. The lowest BCUT2D eigenvalue weighted by Crippen LogP contribution is -2.19. The molecule has 0 saturated heterocycles. The van der Waals surface area contributed by atoms with Crippen LogP contribution in [0.1, 0.15) is 12.5 Å². The van der Waals surface area contributed by atoms with Gasteiger partial charge in [0.2, 0.25) is 5.91 Å². The molecule has 0 atom stereocenters. The summed E-state index contributed by atoms with van der Waals surface area (Å²) >= 11 is 3.41. The Labute approximate surface area is 115 Å². The van der Waals surface area contributed by atoms with E-state index >= 15 is 0 Å². The van der Waals surface area contributed by atoms with Crippen molar-refractivity contribution in [2.45, 2.75) is 6.92 Å². The Balaban J connectivity index is 2.86. The lowest BCUT2D eigenvalue weighted by atomic mass is 10.2. The molecule has 0 spiro atoms. The number of amides is 1. The Bertz CT molecular complexity index is 433. The molecule has 0 bridgehead atoms. The van der Waals surface area contributed by atoms with Gasteiger partial charge in [0.25, 0.3) is 0 Å². The van der Waals surface area contributed by atoms with Crippen LogP contribution in [0.3, 0.4) is 0 Å². The highest BCUT2D eigenvalue weighted by atomic mass is 79.9. The molecule has 0 aliphatic rings. The van der Waals surface area contributed by atoms with Crippen LogP contribution in [0.5, 0.6) is 11.5 Å². The molecule has 1 aromatic rings. The van der Waals surface area contributed by atoms with Gasteiger partial charge < -0.3 is 14.8 Å². The fraction of sp³-hybridized carbons (Fsp3) is 0.308. The largest absolute Gasteiger partial charge is 0.495 e. The summed E-state index contributed by atoms with van der Waals surface area (Å²) in [6.45, 7) is 1.98. The quantitative estimate of drug-likeness (QED) is 0.909. The number of carbonyl (C=O) groups is 1. The summed E-state index contributed by atoms with van der Waals surface area (Å²) < 4.78 is 11.3. The number of hydrogen-bond acceptors (Lipinski definition) is 3. The topological polar surface area (TPSA) is 47.6 Å². The zero-order valence-corrected chi connectivity index (χ0v) is 12.2. The van der Waals surface area contributed by atoms with Gasteiger partial charge in [-0.15, -0.1) is 0 Å². The van der Waals surface area contributed by atoms with Crippen molar-refractivity contribution in [3.05, 3.63) is 28.2 Å². The number of nitrogens with one attached hydrogen (secondary N) is 1. The molecule has 0 aliphatic heterocycles. The van der Waals surface area contributed by atoms with Crippen molar-refractivity contribution < 1.29 is 14.3 Å². The van der Waals surface area contributed by atoms with Gasteiger partial charge in [0.1, 0.15) is 16.0 Å². The van der Waals surface area contributed by atoms with Gasteiger partial charge in [0, 0.05) is 13.5 Å². The number of halogens is 1. The van der Waals surface area contributed by atoms with Crippen LogP contribution in [0.25, 0.3) is 6.08 Å². The summed E-state index contributed by atoms with van der Waals surface area (Å²) in [5, 5.41) is 2.69. The van der Waals surface area contributed by atoms with Gasteiger partial charge in [0.15, 0.2) is 0 Å². The van der Waals surface area contributed by atoms with Crippen molar-refractivity contribution in [2.24, 2.45) is 0 Å². The first-order chi connectivity index (χ1) is 8.58. The lowest BCUT2D eigenvalue weighted by molar-refractivity contribution is -0.118. The van der Waals surface area contributed by atoms with E-state index in [1.165, 1.54) is 6.92 Å². The van der Waals surface area contributed by atoms with E-state index in [9.17, 15) is 4.79 Å². The lowest BCUT2D eigenvalue weighted by Gasteiger charge is -2.09. The van der Waals surface area contributed by atoms with Gasteiger partial charge in [0.05, 0.1) is 14.2 Å². The maximum absolute atomic E-state index is 10.7. The minimum Gasteiger partial charge on any atom is -0.495 e. The molecule has 1 N–H and O–H groups in total. The predicted molar refractivity (Wildman–Crippen MR) is 75.0 cm³/mol. The van der Waals surface area contributed by atoms with Gasteiger partial charge in [-0.3, -0.25) is 4.79 Å². The third kappa shape index (κ3) is 4.07. The smallest absolute Gasteiger partial charge is 0.217 e. The Kier molecular flexibility index (Phi) is 5.71. The third-order valence-corrected chi connectivity index (χ3v) is 3.03. The van der Waals surface area contributed by atoms with E-state index in [2.05, 4.69) is 21.2 Å². The first kappa shape index (κ1) is 14.6. The highest BCUT2D eigenvalue weighted by molar-refractivity contribution is 9.10. The Morgan fingerprint density at radius 1 is 1.33 bits per heavy atom. The molecule has 98 valence electrons. The van der Waals surface area contributed by atoms with E-state index in [-0.39, 0.29) is 5.91 Å². The van der Waals surface area contributed by atoms with Crippen LogP contribution in [0.2, 0.25) is 0 Å². The minimum absolute atomic E-state index is 0.0504. The van der Waals surface area contributed by atoms with Crippen LogP contribution in [0.15, 0.2) is 22.7 Å². The van der Waals surface area contributed by atoms with Crippen LogP contribution in [0, 0.1) is 0 Å². The molecule has 0 aliphatic carbocycles. The Hall–Kier alpha value is -1.49. The van der Waals surface area contributed by atoms with Gasteiger partial charge in [-0.05, 0) is 33.6 Å². The fourth-order valence-corrected chi connectivity index (χ4v) is 1.94. The zero-order chi connectivity index (χ0) is 13.5. The molecule has 4 nitrogen and oxygen atoms in total. The van der Waals surface area contributed by atoms with Gasteiger partial charge in [-0.2, -0.15) is 0 Å². The monoisotopic (exact) mass is 313 g/mol. The molecule has 0 unspecified atom stereocenters. The molecule has 0 saturated carbocycles. The summed E-state index contributed by atoms with van der Waals surface area (Å²) in [7, 11) is 3.20. The van der Waals surface area contributed by atoms with Crippen molar-refractivity contribution in [3.8, 4) is 11.5 Å². The van der Waals surface area contributed by atoms with Crippen molar-refractivity contribution in [2.75, 3.05) is 20.8 Å². The maximum atomic E-state index is 10.7. The van der Waals surface area contributed by atoms with E-state index in [1.54, 1.807) is 14.2 Å². The number of ether oxygens (including phenoxy) is 2. The Morgan fingerprint density at radius 3 is 2.33 bits per heavy atom.